The summed E-state index contributed by atoms with van der Waals surface area (Å²) < 4.78 is 46.2. The minimum absolute atomic E-state index is 0.0705. The third-order valence-corrected chi connectivity index (χ3v) is 6.03. The van der Waals surface area contributed by atoms with E-state index >= 15 is 0 Å². The Morgan fingerprint density at radius 2 is 2.04 bits per heavy atom. The molecule has 6 nitrogen and oxygen atoms in total. The number of carbonyl (C=O) groups is 1. The molecule has 1 aliphatic heterocycles. The molecule has 0 spiro atoms. The number of thiophene rings is 1. The molecule has 0 radical (unpaired) electrons. The summed E-state index contributed by atoms with van der Waals surface area (Å²) >= 11 is 2.06. The van der Waals surface area contributed by atoms with Gasteiger partial charge < -0.3 is 15.4 Å². The molecule has 11 heteroatoms. The van der Waals surface area contributed by atoms with Crippen molar-refractivity contribution in [2.45, 2.75) is 6.18 Å². The van der Waals surface area contributed by atoms with Gasteiger partial charge in [0.15, 0.2) is 0 Å². The number of pyridine rings is 1. The molecule has 3 aromatic heterocycles. The lowest BCUT2D eigenvalue weighted by molar-refractivity contribution is -0.136. The summed E-state index contributed by atoms with van der Waals surface area (Å²) in [6, 6.07) is 0.938. The van der Waals surface area contributed by atoms with Crippen LogP contribution in [0.4, 0.5) is 18.9 Å². The predicted octanol–water partition coefficient (Wildman–Crippen LogP) is 3.49. The van der Waals surface area contributed by atoms with Gasteiger partial charge in [-0.3, -0.25) is 4.79 Å². The Kier molecular flexibility index (Phi) is 4.52. The van der Waals surface area contributed by atoms with E-state index in [0.29, 0.717) is 31.3 Å². The molecule has 0 aromatic carbocycles. The Bertz CT molecular complexity index is 995. The zero-order chi connectivity index (χ0) is 19.2. The molecule has 1 saturated heterocycles. The number of ether oxygens (including phenoxy) is 1. The van der Waals surface area contributed by atoms with E-state index in [1.54, 1.807) is 5.38 Å². The van der Waals surface area contributed by atoms with E-state index in [1.807, 2.05) is 0 Å². The van der Waals surface area contributed by atoms with E-state index in [0.717, 1.165) is 17.4 Å². The van der Waals surface area contributed by atoms with Crippen LogP contribution < -0.4 is 5.73 Å². The molecule has 0 atom stereocenters. The van der Waals surface area contributed by atoms with Crippen molar-refractivity contribution in [1.82, 2.24) is 14.9 Å². The number of alkyl halides is 3. The van der Waals surface area contributed by atoms with Gasteiger partial charge in [-0.05, 0) is 6.07 Å². The number of hydrogen-bond donors (Lipinski definition) is 1. The molecule has 27 heavy (non-hydrogen) atoms. The number of nitrogens with two attached hydrogens (primary N) is 1. The number of nitrogens with zero attached hydrogens (tertiary/aromatic N) is 3. The van der Waals surface area contributed by atoms with Crippen molar-refractivity contribution in [1.29, 1.82) is 0 Å². The maximum Gasteiger partial charge on any atom is 0.417 e. The molecular weight excluding hydrogens is 401 g/mol. The van der Waals surface area contributed by atoms with Crippen molar-refractivity contribution < 1.29 is 22.7 Å². The standard InChI is InChI=1S/C16H13F3N4O2S2/c17-16(18,19)8-7-9(13-21-1-6-26-13)22-14-10(8)11(20)12(27-14)15(24)23-2-4-25-5-3-23/h1,6-7H,2-5,20H2. The molecule has 2 N–H and O–H groups in total. The van der Waals surface area contributed by atoms with Gasteiger partial charge in [-0.25, -0.2) is 9.97 Å². The zero-order valence-electron chi connectivity index (χ0n) is 13.7. The first-order valence-electron chi connectivity index (χ1n) is 7.93. The lowest BCUT2D eigenvalue weighted by Crippen LogP contribution is -2.40. The largest absolute Gasteiger partial charge is 0.417 e. The Morgan fingerprint density at radius 1 is 1.30 bits per heavy atom. The van der Waals surface area contributed by atoms with E-state index in [9.17, 15) is 18.0 Å². The molecular formula is C16H13F3N4O2S2. The minimum atomic E-state index is -4.64. The van der Waals surface area contributed by atoms with Gasteiger partial charge in [0.05, 0.1) is 24.5 Å². The third kappa shape index (κ3) is 3.26. The van der Waals surface area contributed by atoms with E-state index in [-0.39, 0.29) is 26.5 Å². The van der Waals surface area contributed by atoms with Gasteiger partial charge in [0.1, 0.15) is 20.4 Å². The van der Waals surface area contributed by atoms with Crippen molar-refractivity contribution in [2.24, 2.45) is 0 Å². The van der Waals surface area contributed by atoms with Gasteiger partial charge in [0.2, 0.25) is 0 Å². The summed E-state index contributed by atoms with van der Waals surface area (Å²) in [6.45, 7) is 1.51. The van der Waals surface area contributed by atoms with Crippen molar-refractivity contribution in [3.63, 3.8) is 0 Å². The molecule has 1 aliphatic rings. The topological polar surface area (TPSA) is 81.3 Å². The number of carbonyl (C=O) groups excluding carboxylic acids is 1. The normalized spacial score (nSPS) is 15.4. The number of hydrogen-bond acceptors (Lipinski definition) is 7. The summed E-state index contributed by atoms with van der Waals surface area (Å²) in [5, 5.41) is 1.80. The number of anilines is 1. The summed E-state index contributed by atoms with van der Waals surface area (Å²) in [7, 11) is 0. The van der Waals surface area contributed by atoms with Crippen LogP contribution in [0.3, 0.4) is 0 Å². The Balaban J connectivity index is 1.88. The maximum absolute atomic E-state index is 13.7. The highest BCUT2D eigenvalue weighted by atomic mass is 32.1. The molecule has 0 bridgehead atoms. The van der Waals surface area contributed by atoms with Crippen LogP contribution in [0.5, 0.6) is 0 Å². The molecule has 1 amide bonds. The fourth-order valence-corrected chi connectivity index (χ4v) is 4.56. The van der Waals surface area contributed by atoms with Crippen LogP contribution in [-0.4, -0.2) is 47.1 Å². The molecule has 4 heterocycles. The van der Waals surface area contributed by atoms with E-state index in [4.69, 9.17) is 10.5 Å². The lowest BCUT2D eigenvalue weighted by Gasteiger charge is -2.26. The Morgan fingerprint density at radius 3 is 2.67 bits per heavy atom. The average molecular weight is 414 g/mol. The van der Waals surface area contributed by atoms with Gasteiger partial charge in [0, 0.05) is 30.1 Å². The van der Waals surface area contributed by atoms with Crippen molar-refractivity contribution in [2.75, 3.05) is 32.0 Å². The van der Waals surface area contributed by atoms with Crippen molar-refractivity contribution in [3.05, 3.63) is 28.1 Å². The van der Waals surface area contributed by atoms with E-state index in [1.165, 1.54) is 22.4 Å². The molecule has 0 saturated carbocycles. The summed E-state index contributed by atoms with van der Waals surface area (Å²) in [4.78, 5) is 22.7. The fraction of sp³-hybridized carbons (Fsp3) is 0.312. The highest BCUT2D eigenvalue weighted by Crippen LogP contribution is 2.43. The Labute approximate surface area is 159 Å². The lowest BCUT2D eigenvalue weighted by atomic mass is 10.1. The molecule has 1 fully saturated rings. The first-order valence-corrected chi connectivity index (χ1v) is 9.63. The number of thiazole rings is 1. The second-order valence-electron chi connectivity index (χ2n) is 5.82. The number of nitrogen functional groups attached to an aromatic ring is 1. The Hall–Kier alpha value is -2.24. The number of morpholine rings is 1. The van der Waals surface area contributed by atoms with Crippen LogP contribution in [0.1, 0.15) is 15.2 Å². The van der Waals surface area contributed by atoms with Gasteiger partial charge in [-0.2, -0.15) is 13.2 Å². The van der Waals surface area contributed by atoms with Gasteiger partial charge in [0.25, 0.3) is 5.91 Å². The third-order valence-electron chi connectivity index (χ3n) is 4.15. The van der Waals surface area contributed by atoms with Gasteiger partial charge in [-0.1, -0.05) is 0 Å². The van der Waals surface area contributed by atoms with Gasteiger partial charge in [-0.15, -0.1) is 22.7 Å². The number of halogens is 3. The summed E-state index contributed by atoms with van der Waals surface area (Å²) in [5.74, 6) is -0.400. The predicted molar refractivity (Wildman–Crippen MR) is 96.9 cm³/mol. The van der Waals surface area contributed by atoms with Crippen LogP contribution >= 0.6 is 22.7 Å². The second kappa shape index (κ2) is 6.73. The SMILES string of the molecule is Nc1c(C(=O)N2CCOCC2)sc2nc(-c3nccs3)cc(C(F)(F)F)c12. The fourth-order valence-electron chi connectivity index (χ4n) is 2.87. The monoisotopic (exact) mass is 414 g/mol. The minimum Gasteiger partial charge on any atom is -0.397 e. The van der Waals surface area contributed by atoms with Crippen LogP contribution in [0.2, 0.25) is 0 Å². The molecule has 4 rings (SSSR count). The van der Waals surface area contributed by atoms with Crippen LogP contribution in [0.25, 0.3) is 20.9 Å². The highest BCUT2D eigenvalue weighted by Gasteiger charge is 2.37. The summed E-state index contributed by atoms with van der Waals surface area (Å²) in [6.07, 6.45) is -3.14. The number of fused-ring (bicyclic) bond motifs is 1. The number of amides is 1. The molecule has 0 unspecified atom stereocenters. The van der Waals surface area contributed by atoms with Crippen LogP contribution in [0, 0.1) is 0 Å². The average Bonchev–Trinajstić information content (AvgIpc) is 3.29. The smallest absolute Gasteiger partial charge is 0.397 e. The van der Waals surface area contributed by atoms with Crippen LogP contribution in [-0.2, 0) is 10.9 Å². The quantitative estimate of drug-likeness (QED) is 0.694. The van der Waals surface area contributed by atoms with Gasteiger partial charge >= 0.3 is 6.18 Å². The number of aromatic nitrogens is 2. The maximum atomic E-state index is 13.7. The first-order chi connectivity index (χ1) is 12.9. The van der Waals surface area contributed by atoms with Crippen molar-refractivity contribution in [3.8, 4) is 10.7 Å². The van der Waals surface area contributed by atoms with Crippen LogP contribution in [0.15, 0.2) is 17.6 Å². The molecule has 142 valence electrons. The van der Waals surface area contributed by atoms with Crippen molar-refractivity contribution >= 4 is 44.5 Å². The second-order valence-corrected chi connectivity index (χ2v) is 7.71. The number of rotatable bonds is 2. The summed E-state index contributed by atoms with van der Waals surface area (Å²) in [5.41, 5.74) is 5.01. The molecule has 3 aromatic rings. The van der Waals surface area contributed by atoms with E-state index < -0.39 is 17.6 Å². The first kappa shape index (κ1) is 18.1. The zero-order valence-corrected chi connectivity index (χ0v) is 15.4. The van der Waals surface area contributed by atoms with E-state index in [2.05, 4.69) is 9.97 Å². The highest BCUT2D eigenvalue weighted by molar-refractivity contribution is 7.21. The molecule has 0 aliphatic carbocycles.